The molecule has 1 saturated heterocycles. The fourth-order valence-corrected chi connectivity index (χ4v) is 2.99. The van der Waals surface area contributed by atoms with Gasteiger partial charge in [-0.1, -0.05) is 37.3 Å². The van der Waals surface area contributed by atoms with Crippen LogP contribution in [0.3, 0.4) is 0 Å². The molecule has 4 atom stereocenters. The lowest BCUT2D eigenvalue weighted by Gasteiger charge is -2.30. The Hall–Kier alpha value is -1.28. The van der Waals surface area contributed by atoms with Crippen LogP contribution >= 0.6 is 0 Å². The Kier molecular flexibility index (Phi) is 1.93. The van der Waals surface area contributed by atoms with Crippen molar-refractivity contribution >= 4 is 0 Å². The van der Waals surface area contributed by atoms with Crippen LogP contribution in [0, 0.1) is 11.3 Å². The fraction of sp³-hybridized carbons (Fsp3) is 0.429. The van der Waals surface area contributed by atoms with Gasteiger partial charge in [-0.3, -0.25) is 0 Å². The van der Waals surface area contributed by atoms with E-state index < -0.39 is 0 Å². The van der Waals surface area contributed by atoms with Gasteiger partial charge in [-0.2, -0.15) is 0 Å². The summed E-state index contributed by atoms with van der Waals surface area (Å²) in [5, 5.41) is 0. The molecule has 1 fully saturated rings. The van der Waals surface area contributed by atoms with Gasteiger partial charge in [0.15, 0.2) is 0 Å². The second-order valence-electron chi connectivity index (χ2n) is 5.09. The summed E-state index contributed by atoms with van der Waals surface area (Å²) in [6.07, 6.45) is 12.9. The highest BCUT2D eigenvalue weighted by atomic mass is 16.5. The van der Waals surface area contributed by atoms with E-state index in [1.807, 2.05) is 6.08 Å². The van der Waals surface area contributed by atoms with Crippen molar-refractivity contribution < 1.29 is 4.74 Å². The van der Waals surface area contributed by atoms with Crippen molar-refractivity contribution in [2.45, 2.75) is 26.1 Å². The van der Waals surface area contributed by atoms with Crippen LogP contribution in [0.2, 0.25) is 0 Å². The largest absolute Gasteiger partial charge is 0.399 e. The highest BCUT2D eigenvalue weighted by molar-refractivity contribution is 5.45. The molecule has 1 aliphatic heterocycles. The van der Waals surface area contributed by atoms with Crippen molar-refractivity contribution in [3.05, 3.63) is 47.7 Å². The van der Waals surface area contributed by atoms with Gasteiger partial charge in [-0.15, -0.1) is 0 Å². The summed E-state index contributed by atoms with van der Waals surface area (Å²) in [4.78, 5) is 0. The Morgan fingerprint density at radius 2 is 2.12 bits per heavy atom. The molecule has 1 heterocycles. The van der Waals surface area contributed by atoms with E-state index in [0.29, 0.717) is 5.92 Å². The molecule has 3 rings (SSSR count). The molecule has 4 unspecified atom stereocenters. The standard InChI is InChI=1S/C14H17NO/c1-9-6-7-10(15)12-13(9)16-11-5-3-4-8-14(11,12)2/h3-9,11,13H,15H2,1-2H3. The first-order valence-electron chi connectivity index (χ1n) is 5.83. The van der Waals surface area contributed by atoms with Crippen LogP contribution in [0.15, 0.2) is 47.7 Å². The van der Waals surface area contributed by atoms with Crippen LogP contribution in [0.25, 0.3) is 0 Å². The van der Waals surface area contributed by atoms with Crippen molar-refractivity contribution in [2.75, 3.05) is 0 Å². The lowest BCUT2D eigenvalue weighted by atomic mass is 9.71. The van der Waals surface area contributed by atoms with E-state index in [9.17, 15) is 0 Å². The Balaban J connectivity index is 2.14. The number of ether oxygens (including phenoxy) is 1. The smallest absolute Gasteiger partial charge is 0.0894 e. The molecule has 0 amide bonds. The normalized spacial score (nSPS) is 44.8. The zero-order valence-corrected chi connectivity index (χ0v) is 9.68. The SMILES string of the molecule is CC1C=CC(N)=C2C1OC1C=CC=CC21C. The molecule has 16 heavy (non-hydrogen) atoms. The lowest BCUT2D eigenvalue weighted by molar-refractivity contribution is 0.0403. The van der Waals surface area contributed by atoms with Crippen molar-refractivity contribution in [3.63, 3.8) is 0 Å². The summed E-state index contributed by atoms with van der Waals surface area (Å²) in [6, 6.07) is 0. The van der Waals surface area contributed by atoms with Gasteiger partial charge in [0.25, 0.3) is 0 Å². The van der Waals surface area contributed by atoms with Crippen LogP contribution in [0.1, 0.15) is 13.8 Å². The van der Waals surface area contributed by atoms with E-state index in [-0.39, 0.29) is 17.6 Å². The van der Waals surface area contributed by atoms with Gasteiger partial charge >= 0.3 is 0 Å². The summed E-state index contributed by atoms with van der Waals surface area (Å²) in [5.74, 6) is 0.409. The molecule has 0 aromatic heterocycles. The number of rotatable bonds is 0. The molecule has 3 aliphatic rings. The van der Waals surface area contributed by atoms with Gasteiger partial charge in [-0.25, -0.2) is 0 Å². The number of hydrogen-bond acceptors (Lipinski definition) is 2. The van der Waals surface area contributed by atoms with Crippen LogP contribution in [-0.4, -0.2) is 12.2 Å². The molecule has 0 spiro atoms. The van der Waals surface area contributed by atoms with Crippen molar-refractivity contribution in [3.8, 4) is 0 Å². The van der Waals surface area contributed by atoms with Gasteiger partial charge in [-0.05, 0) is 18.6 Å². The first-order valence-corrected chi connectivity index (χ1v) is 5.83. The second kappa shape index (κ2) is 3.11. The zero-order chi connectivity index (χ0) is 11.3. The highest BCUT2D eigenvalue weighted by Crippen LogP contribution is 2.50. The fourth-order valence-electron chi connectivity index (χ4n) is 2.99. The summed E-state index contributed by atoms with van der Waals surface area (Å²) in [6.45, 7) is 4.40. The third-order valence-electron chi connectivity index (χ3n) is 3.96. The van der Waals surface area contributed by atoms with Crippen LogP contribution in [0.4, 0.5) is 0 Å². The molecule has 0 aromatic rings. The van der Waals surface area contributed by atoms with E-state index in [1.165, 1.54) is 5.57 Å². The molecular formula is C14H17NO. The maximum Gasteiger partial charge on any atom is 0.0894 e. The van der Waals surface area contributed by atoms with Crippen LogP contribution in [0.5, 0.6) is 0 Å². The third kappa shape index (κ3) is 1.11. The summed E-state index contributed by atoms with van der Waals surface area (Å²) in [7, 11) is 0. The van der Waals surface area contributed by atoms with Crippen LogP contribution < -0.4 is 5.73 Å². The third-order valence-corrected chi connectivity index (χ3v) is 3.96. The maximum atomic E-state index is 6.13. The number of hydrogen-bond donors (Lipinski definition) is 1. The topological polar surface area (TPSA) is 35.2 Å². The van der Waals surface area contributed by atoms with Crippen molar-refractivity contribution in [1.82, 2.24) is 0 Å². The molecular weight excluding hydrogens is 198 g/mol. The van der Waals surface area contributed by atoms with Crippen molar-refractivity contribution in [1.29, 1.82) is 0 Å². The minimum Gasteiger partial charge on any atom is -0.399 e. The second-order valence-corrected chi connectivity index (χ2v) is 5.09. The highest BCUT2D eigenvalue weighted by Gasteiger charge is 2.50. The van der Waals surface area contributed by atoms with E-state index in [1.54, 1.807) is 0 Å². The van der Waals surface area contributed by atoms with Gasteiger partial charge in [0.05, 0.1) is 12.2 Å². The maximum absolute atomic E-state index is 6.13. The zero-order valence-electron chi connectivity index (χ0n) is 9.68. The van der Waals surface area contributed by atoms with Crippen LogP contribution in [-0.2, 0) is 4.74 Å². The molecule has 0 bridgehead atoms. The Morgan fingerprint density at radius 1 is 1.31 bits per heavy atom. The van der Waals surface area contributed by atoms with Gasteiger partial charge in [0.1, 0.15) is 0 Å². The van der Waals surface area contributed by atoms with Crippen molar-refractivity contribution in [2.24, 2.45) is 17.1 Å². The predicted molar refractivity (Wildman–Crippen MR) is 64.6 cm³/mol. The van der Waals surface area contributed by atoms with E-state index in [0.717, 1.165) is 5.70 Å². The lowest BCUT2D eigenvalue weighted by Crippen LogP contribution is -2.30. The number of allylic oxidation sites excluding steroid dienone is 3. The van der Waals surface area contributed by atoms with E-state index in [4.69, 9.17) is 10.5 Å². The Labute approximate surface area is 96.2 Å². The molecule has 2 N–H and O–H groups in total. The summed E-state index contributed by atoms with van der Waals surface area (Å²) < 4.78 is 6.13. The van der Waals surface area contributed by atoms with Gasteiger partial charge in [0, 0.05) is 17.0 Å². The summed E-state index contributed by atoms with van der Waals surface area (Å²) >= 11 is 0. The monoisotopic (exact) mass is 215 g/mol. The minimum absolute atomic E-state index is 0.0531. The van der Waals surface area contributed by atoms with E-state index >= 15 is 0 Å². The summed E-state index contributed by atoms with van der Waals surface area (Å²) in [5.41, 5.74) is 8.22. The molecule has 2 heteroatoms. The van der Waals surface area contributed by atoms with Gasteiger partial charge in [0.2, 0.25) is 0 Å². The molecule has 0 radical (unpaired) electrons. The molecule has 0 saturated carbocycles. The molecule has 2 nitrogen and oxygen atoms in total. The average Bonchev–Trinajstić information content (AvgIpc) is 2.58. The number of nitrogens with two attached hydrogens (primary N) is 1. The first-order chi connectivity index (χ1) is 7.63. The Morgan fingerprint density at radius 3 is 2.94 bits per heavy atom. The van der Waals surface area contributed by atoms with E-state index in [2.05, 4.69) is 44.2 Å². The molecule has 0 aromatic carbocycles. The minimum atomic E-state index is -0.0531. The Bertz CT molecular complexity index is 444. The average molecular weight is 215 g/mol. The first kappa shape index (κ1) is 9.91. The quantitative estimate of drug-likeness (QED) is 0.673. The van der Waals surface area contributed by atoms with Gasteiger partial charge < -0.3 is 10.5 Å². The predicted octanol–water partition coefficient (Wildman–Crippen LogP) is 2.30. The number of fused-ring (bicyclic) bond motifs is 3. The molecule has 84 valence electrons. The molecule has 2 aliphatic carbocycles.